The molecule has 0 aromatic rings. The first kappa shape index (κ1) is 67.6. The van der Waals surface area contributed by atoms with E-state index in [2.05, 4.69) is 35.5 Å². The largest absolute Gasteiger partial charge is 0.397 e. The van der Waals surface area contributed by atoms with E-state index in [4.69, 9.17) is 9.47 Å². The third-order valence-corrected chi connectivity index (χ3v) is 14.7. The van der Waals surface area contributed by atoms with Crippen LogP contribution in [0.2, 0.25) is 0 Å². The molecule has 12 nitrogen and oxygen atoms in total. The lowest BCUT2D eigenvalue weighted by molar-refractivity contribution is -0.298. The summed E-state index contributed by atoms with van der Waals surface area (Å²) in [6, 6.07) is -0.943. The zero-order chi connectivity index (χ0) is 51.9. The summed E-state index contributed by atoms with van der Waals surface area (Å²) in [4.78, 5) is 13.1. The molecule has 7 unspecified atom stereocenters. The molecule has 1 fully saturated rings. The summed E-state index contributed by atoms with van der Waals surface area (Å²) in [5.74, 6) is -0.259. The summed E-state index contributed by atoms with van der Waals surface area (Å²) in [7, 11) is -5.09. The number of hydrogen-bond acceptors (Lipinski definition) is 10. The van der Waals surface area contributed by atoms with E-state index >= 15 is 0 Å². The van der Waals surface area contributed by atoms with Gasteiger partial charge in [0.25, 0.3) is 0 Å². The van der Waals surface area contributed by atoms with E-state index in [0.717, 1.165) is 38.5 Å². The second-order valence-electron chi connectivity index (χ2n) is 20.9. The van der Waals surface area contributed by atoms with Crippen LogP contribution in [-0.4, -0.2) is 95.4 Å². The standard InChI is InChI=1S/C58H111NO11S/c1-3-5-7-9-11-13-15-17-19-21-22-23-24-25-26-27-28-29-30-32-34-36-38-40-42-44-46-48-54(62)59-51(50-68-58-56(64)57(70-71(65,66)67)55(63)53(49-60)69-58)52(61)47-45-43-41-39-37-35-33-31-20-18-16-14-12-10-8-6-4-2/h25-26,45,47,51-53,55-58,60-61,63-64H,3-24,27-44,46,48-50H2,1-2H3,(H,59,62)(H,65,66,67)/b26-25-,47-45+. The number of ether oxygens (including phenoxy) is 2. The van der Waals surface area contributed by atoms with Crippen molar-refractivity contribution in [2.75, 3.05) is 13.2 Å². The molecule has 1 aliphatic rings. The van der Waals surface area contributed by atoms with Gasteiger partial charge < -0.3 is 35.2 Å². The van der Waals surface area contributed by atoms with Crippen molar-refractivity contribution in [2.24, 2.45) is 0 Å². The molecule has 1 heterocycles. The van der Waals surface area contributed by atoms with E-state index in [0.29, 0.717) is 6.42 Å². The minimum atomic E-state index is -5.09. The summed E-state index contributed by atoms with van der Waals surface area (Å²) in [6.45, 7) is 3.43. The maximum absolute atomic E-state index is 13.1. The normalized spacial score (nSPS) is 19.6. The molecule has 6 N–H and O–H groups in total. The van der Waals surface area contributed by atoms with E-state index < -0.39 is 59.9 Å². The van der Waals surface area contributed by atoms with E-state index in [1.54, 1.807) is 6.08 Å². The average molecular weight is 1030 g/mol. The van der Waals surface area contributed by atoms with Gasteiger partial charge in [0.1, 0.15) is 24.4 Å². The molecule has 420 valence electrons. The Balaban J connectivity index is 2.33. The zero-order valence-corrected chi connectivity index (χ0v) is 46.4. The predicted octanol–water partition coefficient (Wildman–Crippen LogP) is 14.0. The van der Waals surface area contributed by atoms with Crippen molar-refractivity contribution in [1.29, 1.82) is 0 Å². The molecular formula is C58H111NO11S. The van der Waals surface area contributed by atoms with Crippen LogP contribution in [-0.2, 0) is 28.9 Å². The zero-order valence-electron chi connectivity index (χ0n) is 45.6. The number of aliphatic hydroxyl groups excluding tert-OH is 4. The number of rotatable bonds is 52. The molecule has 7 atom stereocenters. The first-order chi connectivity index (χ1) is 34.5. The molecule has 0 aromatic heterocycles. The number of carbonyl (C=O) groups excluding carboxylic acids is 1. The van der Waals surface area contributed by atoms with Crippen molar-refractivity contribution in [3.8, 4) is 0 Å². The van der Waals surface area contributed by atoms with Crippen molar-refractivity contribution >= 4 is 16.3 Å². The number of carbonyl (C=O) groups is 1. The number of unbranched alkanes of at least 4 members (excludes halogenated alkanes) is 38. The summed E-state index contributed by atoms with van der Waals surface area (Å²) in [6.07, 6.45) is 50.8. The topological polar surface area (TPSA) is 192 Å². The fourth-order valence-electron chi connectivity index (χ4n) is 9.63. The van der Waals surface area contributed by atoms with E-state index in [9.17, 15) is 38.2 Å². The predicted molar refractivity (Wildman–Crippen MR) is 292 cm³/mol. The highest BCUT2D eigenvalue weighted by atomic mass is 32.3. The smallest absolute Gasteiger partial charge is 0.394 e. The Bertz CT molecular complexity index is 1350. The van der Waals surface area contributed by atoms with Gasteiger partial charge in [0, 0.05) is 6.42 Å². The van der Waals surface area contributed by atoms with Crippen LogP contribution < -0.4 is 5.32 Å². The highest BCUT2D eigenvalue weighted by molar-refractivity contribution is 7.80. The van der Waals surface area contributed by atoms with Gasteiger partial charge in [-0.15, -0.1) is 0 Å². The minimum Gasteiger partial charge on any atom is -0.394 e. The molecule has 0 aliphatic carbocycles. The van der Waals surface area contributed by atoms with Crippen LogP contribution in [0.3, 0.4) is 0 Å². The molecule has 0 aromatic carbocycles. The van der Waals surface area contributed by atoms with Gasteiger partial charge in [-0.1, -0.05) is 256 Å². The lowest BCUT2D eigenvalue weighted by Crippen LogP contribution is -2.61. The van der Waals surface area contributed by atoms with Crippen LogP contribution in [0.1, 0.15) is 284 Å². The summed E-state index contributed by atoms with van der Waals surface area (Å²) in [5, 5.41) is 45.0. The summed E-state index contributed by atoms with van der Waals surface area (Å²) >= 11 is 0. The van der Waals surface area contributed by atoms with Crippen LogP contribution in [0.5, 0.6) is 0 Å². The van der Waals surface area contributed by atoms with E-state index in [1.165, 1.54) is 218 Å². The third-order valence-electron chi connectivity index (χ3n) is 14.2. The van der Waals surface area contributed by atoms with Crippen molar-refractivity contribution in [2.45, 2.75) is 326 Å². The Morgan fingerprint density at radius 3 is 1.27 bits per heavy atom. The second kappa shape index (κ2) is 48.2. The first-order valence-electron chi connectivity index (χ1n) is 29.7. The van der Waals surface area contributed by atoms with Crippen molar-refractivity contribution in [3.63, 3.8) is 0 Å². The van der Waals surface area contributed by atoms with Crippen LogP contribution in [0.15, 0.2) is 24.3 Å². The number of nitrogens with one attached hydrogen (secondary N) is 1. The molecule has 1 rings (SSSR count). The van der Waals surface area contributed by atoms with Crippen molar-refractivity contribution in [1.82, 2.24) is 5.32 Å². The third kappa shape index (κ3) is 40.6. The maximum atomic E-state index is 13.1. The lowest BCUT2D eigenvalue weighted by atomic mass is 9.99. The molecule has 1 saturated heterocycles. The first-order valence-corrected chi connectivity index (χ1v) is 31.1. The molecule has 13 heteroatoms. The Kier molecular flexibility index (Phi) is 45.9. The van der Waals surface area contributed by atoms with Crippen LogP contribution in [0, 0.1) is 0 Å². The lowest BCUT2D eigenvalue weighted by Gasteiger charge is -2.41. The average Bonchev–Trinajstić information content (AvgIpc) is 3.34. The van der Waals surface area contributed by atoms with Crippen LogP contribution in [0.25, 0.3) is 0 Å². The molecule has 71 heavy (non-hydrogen) atoms. The van der Waals surface area contributed by atoms with Crippen molar-refractivity contribution < 1.29 is 51.8 Å². The van der Waals surface area contributed by atoms with Gasteiger partial charge in [-0.2, -0.15) is 8.42 Å². The summed E-state index contributed by atoms with van der Waals surface area (Å²) < 4.78 is 47.8. The van der Waals surface area contributed by atoms with E-state index in [1.807, 2.05) is 6.08 Å². The summed E-state index contributed by atoms with van der Waals surface area (Å²) in [5.41, 5.74) is 0. The van der Waals surface area contributed by atoms with Gasteiger partial charge in [-0.25, -0.2) is 4.18 Å². The number of amides is 1. The quantitative estimate of drug-likeness (QED) is 0.0193. The Labute approximate surface area is 435 Å². The Morgan fingerprint density at radius 1 is 0.549 bits per heavy atom. The molecule has 1 amide bonds. The maximum Gasteiger partial charge on any atom is 0.397 e. The fraction of sp³-hybridized carbons (Fsp3) is 0.914. The highest BCUT2D eigenvalue weighted by Gasteiger charge is 2.48. The number of aliphatic hydroxyl groups is 4. The van der Waals surface area contributed by atoms with Gasteiger partial charge in [0.05, 0.1) is 25.4 Å². The van der Waals surface area contributed by atoms with E-state index in [-0.39, 0.29) is 18.9 Å². The van der Waals surface area contributed by atoms with Gasteiger partial charge in [0.2, 0.25) is 5.91 Å². The number of allylic oxidation sites excluding steroid dienone is 3. The molecule has 0 bridgehead atoms. The Hall–Kier alpha value is -1.42. The van der Waals surface area contributed by atoms with Gasteiger partial charge in [-0.05, 0) is 44.9 Å². The van der Waals surface area contributed by atoms with Crippen LogP contribution in [0.4, 0.5) is 0 Å². The molecule has 0 saturated carbocycles. The molecule has 1 aliphatic heterocycles. The SMILES string of the molecule is CCCCCCCCCCCCCC/C=C\CCCCCCCCCCCCCC(=O)NC(COC1OC(CO)C(O)C(OS(=O)(=O)O)C1O)C(O)/C=C/CCCCCCCCCCCCCCCCC. The Morgan fingerprint density at radius 2 is 0.901 bits per heavy atom. The minimum absolute atomic E-state index is 0.259. The highest BCUT2D eigenvalue weighted by Crippen LogP contribution is 2.26. The number of hydrogen-bond donors (Lipinski definition) is 6. The van der Waals surface area contributed by atoms with Gasteiger partial charge in [0.15, 0.2) is 6.29 Å². The molecule has 0 spiro atoms. The second-order valence-corrected chi connectivity index (χ2v) is 22.0. The van der Waals surface area contributed by atoms with Gasteiger partial charge in [-0.3, -0.25) is 9.35 Å². The van der Waals surface area contributed by atoms with Crippen LogP contribution >= 0.6 is 0 Å². The van der Waals surface area contributed by atoms with Gasteiger partial charge >= 0.3 is 10.4 Å². The molecular weight excluding hydrogens is 919 g/mol. The monoisotopic (exact) mass is 1030 g/mol. The fourth-order valence-corrected chi connectivity index (χ4v) is 10.1. The van der Waals surface area contributed by atoms with Crippen molar-refractivity contribution in [3.05, 3.63) is 24.3 Å². The molecule has 0 radical (unpaired) electrons.